The third kappa shape index (κ3) is 3.17. The minimum absolute atomic E-state index is 0.0651. The van der Waals surface area contributed by atoms with Gasteiger partial charge in [-0.1, -0.05) is 42.5 Å². The zero-order valence-electron chi connectivity index (χ0n) is 11.5. The SMILES string of the molecule is O=C(Nc1ccccc1F)c1nnc(Cc2ccccc2)o1. The number of halogens is 1. The first-order chi connectivity index (χ1) is 10.7. The summed E-state index contributed by atoms with van der Waals surface area (Å²) in [7, 11) is 0. The fraction of sp³-hybridized carbons (Fsp3) is 0.0625. The van der Waals surface area contributed by atoms with Gasteiger partial charge in [0, 0.05) is 0 Å². The molecule has 2 aromatic carbocycles. The van der Waals surface area contributed by atoms with Gasteiger partial charge in [0.1, 0.15) is 5.82 Å². The van der Waals surface area contributed by atoms with Crippen molar-refractivity contribution in [3.05, 3.63) is 77.8 Å². The Morgan fingerprint density at radius 3 is 2.55 bits per heavy atom. The maximum atomic E-state index is 13.5. The summed E-state index contributed by atoms with van der Waals surface area (Å²) in [6.45, 7) is 0. The van der Waals surface area contributed by atoms with Crippen LogP contribution in [0.15, 0.2) is 59.0 Å². The molecular formula is C16H12FN3O2. The van der Waals surface area contributed by atoms with E-state index in [-0.39, 0.29) is 11.6 Å². The molecule has 0 saturated heterocycles. The van der Waals surface area contributed by atoms with Crippen LogP contribution < -0.4 is 5.32 Å². The van der Waals surface area contributed by atoms with Gasteiger partial charge in [0.25, 0.3) is 0 Å². The monoisotopic (exact) mass is 297 g/mol. The molecule has 5 nitrogen and oxygen atoms in total. The predicted octanol–water partition coefficient (Wildman–Crippen LogP) is 3.05. The Labute approximate surface area is 125 Å². The molecule has 6 heteroatoms. The molecule has 0 bridgehead atoms. The Kier molecular flexibility index (Phi) is 3.91. The predicted molar refractivity (Wildman–Crippen MR) is 77.9 cm³/mol. The second-order valence-electron chi connectivity index (χ2n) is 4.60. The number of carbonyl (C=O) groups excluding carboxylic acids is 1. The smallest absolute Gasteiger partial charge is 0.313 e. The molecule has 110 valence electrons. The second-order valence-corrected chi connectivity index (χ2v) is 4.60. The van der Waals surface area contributed by atoms with Crippen LogP contribution in [0.25, 0.3) is 0 Å². The molecule has 0 atom stereocenters. The molecule has 0 aliphatic rings. The molecule has 22 heavy (non-hydrogen) atoms. The van der Waals surface area contributed by atoms with E-state index >= 15 is 0 Å². The van der Waals surface area contributed by atoms with Gasteiger partial charge in [-0.2, -0.15) is 0 Å². The maximum Gasteiger partial charge on any atom is 0.313 e. The highest BCUT2D eigenvalue weighted by Crippen LogP contribution is 2.14. The molecule has 0 radical (unpaired) electrons. The number of para-hydroxylation sites is 1. The Morgan fingerprint density at radius 1 is 1.05 bits per heavy atom. The van der Waals surface area contributed by atoms with Crippen LogP contribution >= 0.6 is 0 Å². The number of aromatic nitrogens is 2. The maximum absolute atomic E-state index is 13.5. The molecule has 1 amide bonds. The minimum atomic E-state index is -0.642. The Hall–Kier alpha value is -3.02. The van der Waals surface area contributed by atoms with Crippen molar-refractivity contribution in [3.63, 3.8) is 0 Å². The number of hydrogen-bond donors (Lipinski definition) is 1. The van der Waals surface area contributed by atoms with Crippen molar-refractivity contribution in [2.75, 3.05) is 5.32 Å². The van der Waals surface area contributed by atoms with Crippen LogP contribution in [-0.4, -0.2) is 16.1 Å². The van der Waals surface area contributed by atoms with Gasteiger partial charge in [0.15, 0.2) is 0 Å². The van der Waals surface area contributed by atoms with E-state index in [4.69, 9.17) is 4.42 Å². The lowest BCUT2D eigenvalue weighted by atomic mass is 10.2. The normalized spacial score (nSPS) is 10.4. The number of anilines is 1. The average Bonchev–Trinajstić information content (AvgIpc) is 2.99. The summed E-state index contributed by atoms with van der Waals surface area (Å²) >= 11 is 0. The van der Waals surface area contributed by atoms with E-state index in [1.165, 1.54) is 18.2 Å². The molecule has 1 heterocycles. The van der Waals surface area contributed by atoms with Gasteiger partial charge < -0.3 is 9.73 Å². The number of nitrogens with one attached hydrogen (secondary N) is 1. The van der Waals surface area contributed by atoms with Crippen LogP contribution in [0.3, 0.4) is 0 Å². The molecule has 1 N–H and O–H groups in total. The standard InChI is InChI=1S/C16H12FN3O2/c17-12-8-4-5-9-13(12)18-15(21)16-20-19-14(22-16)10-11-6-2-1-3-7-11/h1-9H,10H2,(H,18,21). The second kappa shape index (κ2) is 6.17. The fourth-order valence-electron chi connectivity index (χ4n) is 1.93. The quantitative estimate of drug-likeness (QED) is 0.803. The van der Waals surface area contributed by atoms with Gasteiger partial charge in [-0.3, -0.25) is 4.79 Å². The summed E-state index contributed by atoms with van der Waals surface area (Å²) in [5.74, 6) is -1.05. The Bertz CT molecular complexity index is 787. The van der Waals surface area contributed by atoms with Gasteiger partial charge in [-0.25, -0.2) is 4.39 Å². The summed E-state index contributed by atoms with van der Waals surface area (Å²) in [6.07, 6.45) is 0.431. The van der Waals surface area contributed by atoms with Crippen LogP contribution in [0.5, 0.6) is 0 Å². The number of hydrogen-bond acceptors (Lipinski definition) is 4. The molecule has 0 aliphatic heterocycles. The van der Waals surface area contributed by atoms with Crippen molar-refractivity contribution >= 4 is 11.6 Å². The Balaban J connectivity index is 1.71. The number of benzene rings is 2. The summed E-state index contributed by atoms with van der Waals surface area (Å²) in [5.41, 5.74) is 1.06. The third-order valence-corrected chi connectivity index (χ3v) is 2.98. The average molecular weight is 297 g/mol. The number of nitrogens with zero attached hydrogens (tertiary/aromatic N) is 2. The molecule has 0 fully saturated rings. The number of carbonyl (C=O) groups is 1. The lowest BCUT2D eigenvalue weighted by molar-refractivity contribution is 0.0988. The van der Waals surface area contributed by atoms with Crippen molar-refractivity contribution in [2.24, 2.45) is 0 Å². The van der Waals surface area contributed by atoms with Gasteiger partial charge in [0.05, 0.1) is 12.1 Å². The van der Waals surface area contributed by atoms with E-state index in [1.54, 1.807) is 6.07 Å². The van der Waals surface area contributed by atoms with Crippen LogP contribution in [0.1, 0.15) is 22.1 Å². The van der Waals surface area contributed by atoms with Crippen LogP contribution in [0, 0.1) is 5.82 Å². The molecule has 0 spiro atoms. The van der Waals surface area contributed by atoms with E-state index < -0.39 is 11.7 Å². The highest BCUT2D eigenvalue weighted by atomic mass is 19.1. The first kappa shape index (κ1) is 13.9. The molecule has 0 unspecified atom stereocenters. The van der Waals surface area contributed by atoms with Crippen molar-refractivity contribution in [1.82, 2.24) is 10.2 Å². The zero-order valence-corrected chi connectivity index (χ0v) is 11.5. The number of amides is 1. The Morgan fingerprint density at radius 2 is 1.77 bits per heavy atom. The highest BCUT2D eigenvalue weighted by Gasteiger charge is 2.16. The lowest BCUT2D eigenvalue weighted by Gasteiger charge is -2.02. The molecule has 3 aromatic rings. The highest BCUT2D eigenvalue weighted by molar-refractivity contribution is 6.00. The molecule has 1 aromatic heterocycles. The van der Waals surface area contributed by atoms with Crippen molar-refractivity contribution < 1.29 is 13.6 Å². The van der Waals surface area contributed by atoms with Crippen LogP contribution in [-0.2, 0) is 6.42 Å². The van der Waals surface area contributed by atoms with E-state index in [1.807, 2.05) is 30.3 Å². The molecule has 0 aliphatic carbocycles. The van der Waals surface area contributed by atoms with Crippen molar-refractivity contribution in [3.8, 4) is 0 Å². The summed E-state index contributed by atoms with van der Waals surface area (Å²) in [5, 5.41) is 9.91. The zero-order chi connectivity index (χ0) is 15.4. The van der Waals surface area contributed by atoms with Crippen LogP contribution in [0.2, 0.25) is 0 Å². The summed E-state index contributed by atoms with van der Waals surface area (Å²) < 4.78 is 18.8. The van der Waals surface area contributed by atoms with E-state index in [0.29, 0.717) is 12.3 Å². The topological polar surface area (TPSA) is 68.0 Å². The summed E-state index contributed by atoms with van der Waals surface area (Å²) in [6, 6.07) is 15.4. The molecule has 3 rings (SSSR count). The largest absolute Gasteiger partial charge is 0.417 e. The summed E-state index contributed by atoms with van der Waals surface area (Å²) in [4.78, 5) is 12.0. The van der Waals surface area contributed by atoms with Gasteiger partial charge in [-0.05, 0) is 17.7 Å². The van der Waals surface area contributed by atoms with Gasteiger partial charge >= 0.3 is 11.8 Å². The van der Waals surface area contributed by atoms with E-state index in [0.717, 1.165) is 5.56 Å². The first-order valence-corrected chi connectivity index (χ1v) is 6.64. The lowest BCUT2D eigenvalue weighted by Crippen LogP contribution is -2.13. The van der Waals surface area contributed by atoms with Crippen molar-refractivity contribution in [1.29, 1.82) is 0 Å². The minimum Gasteiger partial charge on any atom is -0.417 e. The van der Waals surface area contributed by atoms with E-state index in [9.17, 15) is 9.18 Å². The van der Waals surface area contributed by atoms with Gasteiger partial charge in [0.2, 0.25) is 5.89 Å². The fourth-order valence-corrected chi connectivity index (χ4v) is 1.93. The van der Waals surface area contributed by atoms with Gasteiger partial charge in [-0.15, -0.1) is 10.2 Å². The third-order valence-electron chi connectivity index (χ3n) is 2.98. The van der Waals surface area contributed by atoms with E-state index in [2.05, 4.69) is 15.5 Å². The molecular weight excluding hydrogens is 285 g/mol. The first-order valence-electron chi connectivity index (χ1n) is 6.64. The van der Waals surface area contributed by atoms with Crippen LogP contribution in [0.4, 0.5) is 10.1 Å². The molecule has 0 saturated carbocycles. The number of rotatable bonds is 4. The van der Waals surface area contributed by atoms with Crippen molar-refractivity contribution in [2.45, 2.75) is 6.42 Å².